The van der Waals surface area contributed by atoms with Crippen molar-refractivity contribution in [3.63, 3.8) is 0 Å². The van der Waals surface area contributed by atoms with E-state index >= 15 is 0 Å². The first-order chi connectivity index (χ1) is 11.2. The standard InChI is InChI=1S/C17H21N3O2S/c1-12-6-7-15(23-12)16-14(5-2-9-18-16)20-17(21)19-13-4-3-10-22-11-8-13/h2,5-7,9,13H,3-4,8,10-11H2,1H3,(H2,19,20,21). The van der Waals surface area contributed by atoms with Crippen LogP contribution in [0.15, 0.2) is 30.5 Å². The van der Waals surface area contributed by atoms with Crippen LogP contribution >= 0.6 is 11.3 Å². The molecule has 1 saturated heterocycles. The lowest BCUT2D eigenvalue weighted by atomic mass is 10.1. The summed E-state index contributed by atoms with van der Waals surface area (Å²) >= 11 is 1.67. The van der Waals surface area contributed by atoms with Crippen molar-refractivity contribution < 1.29 is 9.53 Å². The topological polar surface area (TPSA) is 63.2 Å². The molecular formula is C17H21N3O2S. The zero-order valence-corrected chi connectivity index (χ0v) is 14.0. The van der Waals surface area contributed by atoms with Gasteiger partial charge in [0.1, 0.15) is 5.69 Å². The van der Waals surface area contributed by atoms with Crippen molar-refractivity contribution in [1.82, 2.24) is 10.3 Å². The SMILES string of the molecule is Cc1ccc(-c2ncccc2NC(=O)NC2CCCOCC2)s1. The van der Waals surface area contributed by atoms with Crippen LogP contribution in [0.4, 0.5) is 10.5 Å². The number of aryl methyl sites for hydroxylation is 1. The van der Waals surface area contributed by atoms with Crippen LogP contribution in [0.1, 0.15) is 24.1 Å². The molecule has 2 aromatic rings. The van der Waals surface area contributed by atoms with Crippen molar-refractivity contribution >= 4 is 23.1 Å². The minimum atomic E-state index is -0.181. The predicted octanol–water partition coefficient (Wildman–Crippen LogP) is 3.81. The Morgan fingerprint density at radius 2 is 2.22 bits per heavy atom. The summed E-state index contributed by atoms with van der Waals surface area (Å²) in [5.41, 5.74) is 1.54. The van der Waals surface area contributed by atoms with Gasteiger partial charge in [-0.3, -0.25) is 4.98 Å². The van der Waals surface area contributed by atoms with Crippen LogP contribution in [0.5, 0.6) is 0 Å². The van der Waals surface area contributed by atoms with Crippen molar-refractivity contribution in [2.45, 2.75) is 32.2 Å². The number of aromatic nitrogens is 1. The lowest BCUT2D eigenvalue weighted by molar-refractivity contribution is 0.143. The first-order valence-electron chi connectivity index (χ1n) is 7.89. The van der Waals surface area contributed by atoms with Crippen molar-refractivity contribution in [2.24, 2.45) is 0 Å². The first-order valence-corrected chi connectivity index (χ1v) is 8.71. The number of rotatable bonds is 3. The summed E-state index contributed by atoms with van der Waals surface area (Å²) in [5, 5.41) is 5.98. The monoisotopic (exact) mass is 331 g/mol. The summed E-state index contributed by atoms with van der Waals surface area (Å²) in [5.74, 6) is 0. The first kappa shape index (κ1) is 16.0. The summed E-state index contributed by atoms with van der Waals surface area (Å²) in [7, 11) is 0. The van der Waals surface area contributed by atoms with Gasteiger partial charge in [0.25, 0.3) is 0 Å². The van der Waals surface area contributed by atoms with Gasteiger partial charge < -0.3 is 15.4 Å². The average Bonchev–Trinajstić information content (AvgIpc) is 2.81. The summed E-state index contributed by atoms with van der Waals surface area (Å²) in [6, 6.07) is 7.80. The summed E-state index contributed by atoms with van der Waals surface area (Å²) in [6.07, 6.45) is 4.54. The molecule has 5 nitrogen and oxygen atoms in total. The van der Waals surface area contributed by atoms with Crippen LogP contribution in [0, 0.1) is 6.92 Å². The Balaban J connectivity index is 1.68. The van der Waals surface area contributed by atoms with E-state index < -0.39 is 0 Å². The Hall–Kier alpha value is -1.92. The Bertz CT molecular complexity index is 663. The highest BCUT2D eigenvalue weighted by molar-refractivity contribution is 7.15. The second kappa shape index (κ2) is 7.57. The number of hydrogen-bond acceptors (Lipinski definition) is 4. The molecule has 2 N–H and O–H groups in total. The molecule has 6 heteroatoms. The van der Waals surface area contributed by atoms with E-state index in [0.717, 1.165) is 42.1 Å². The van der Waals surface area contributed by atoms with Crippen molar-refractivity contribution in [2.75, 3.05) is 18.5 Å². The molecule has 1 aliphatic rings. The number of anilines is 1. The summed E-state index contributed by atoms with van der Waals surface area (Å²) in [6.45, 7) is 3.55. The number of carbonyl (C=O) groups is 1. The highest BCUT2D eigenvalue weighted by atomic mass is 32.1. The van der Waals surface area contributed by atoms with Gasteiger partial charge in [0.15, 0.2) is 0 Å². The van der Waals surface area contributed by atoms with Gasteiger partial charge in [-0.1, -0.05) is 0 Å². The Morgan fingerprint density at radius 1 is 1.30 bits per heavy atom. The Morgan fingerprint density at radius 3 is 3.04 bits per heavy atom. The maximum atomic E-state index is 12.3. The van der Waals surface area contributed by atoms with Gasteiger partial charge in [-0.15, -0.1) is 11.3 Å². The third-order valence-corrected chi connectivity index (χ3v) is 4.82. The van der Waals surface area contributed by atoms with Gasteiger partial charge in [-0.2, -0.15) is 0 Å². The molecule has 0 saturated carbocycles. The second-order valence-electron chi connectivity index (χ2n) is 5.65. The fourth-order valence-electron chi connectivity index (χ4n) is 2.66. The van der Waals surface area contributed by atoms with Crippen LogP contribution in [0.3, 0.4) is 0 Å². The van der Waals surface area contributed by atoms with Crippen LogP contribution in [0.25, 0.3) is 10.6 Å². The van der Waals surface area contributed by atoms with Gasteiger partial charge in [0.2, 0.25) is 0 Å². The smallest absolute Gasteiger partial charge is 0.319 e. The molecule has 1 fully saturated rings. The van der Waals surface area contributed by atoms with E-state index in [0.29, 0.717) is 6.61 Å². The van der Waals surface area contributed by atoms with Crippen molar-refractivity contribution in [3.05, 3.63) is 35.3 Å². The number of amides is 2. The van der Waals surface area contributed by atoms with Crippen LogP contribution in [0.2, 0.25) is 0 Å². The largest absolute Gasteiger partial charge is 0.381 e. The maximum Gasteiger partial charge on any atom is 0.319 e. The highest BCUT2D eigenvalue weighted by Crippen LogP contribution is 2.31. The van der Waals surface area contributed by atoms with Gasteiger partial charge in [0, 0.05) is 30.3 Å². The van der Waals surface area contributed by atoms with E-state index in [1.54, 1.807) is 17.5 Å². The minimum absolute atomic E-state index is 0.168. The number of nitrogens with zero attached hydrogens (tertiary/aromatic N) is 1. The lowest BCUT2D eigenvalue weighted by Gasteiger charge is -2.17. The average molecular weight is 331 g/mol. The van der Waals surface area contributed by atoms with E-state index in [1.807, 2.05) is 18.2 Å². The molecule has 23 heavy (non-hydrogen) atoms. The van der Waals surface area contributed by atoms with E-state index in [1.165, 1.54) is 4.88 Å². The Kier molecular flexibility index (Phi) is 5.25. The molecule has 122 valence electrons. The Labute approximate surface area is 140 Å². The van der Waals surface area contributed by atoms with Gasteiger partial charge in [-0.05, 0) is 50.5 Å². The van der Waals surface area contributed by atoms with Gasteiger partial charge in [-0.25, -0.2) is 4.79 Å². The number of urea groups is 1. The molecule has 2 aromatic heterocycles. The molecular weight excluding hydrogens is 310 g/mol. The summed E-state index contributed by atoms with van der Waals surface area (Å²) in [4.78, 5) is 19.0. The fraction of sp³-hybridized carbons (Fsp3) is 0.412. The molecule has 3 heterocycles. The molecule has 1 aliphatic heterocycles. The number of carbonyl (C=O) groups excluding carboxylic acids is 1. The number of ether oxygens (including phenoxy) is 1. The van der Waals surface area contributed by atoms with E-state index in [2.05, 4.69) is 28.6 Å². The van der Waals surface area contributed by atoms with Gasteiger partial charge in [0.05, 0.1) is 10.6 Å². The molecule has 0 bridgehead atoms. The zero-order valence-electron chi connectivity index (χ0n) is 13.2. The molecule has 0 spiro atoms. The van der Waals surface area contributed by atoms with Crippen molar-refractivity contribution in [3.8, 4) is 10.6 Å². The minimum Gasteiger partial charge on any atom is -0.381 e. The van der Waals surface area contributed by atoms with Crippen LogP contribution < -0.4 is 10.6 Å². The van der Waals surface area contributed by atoms with E-state index in [4.69, 9.17) is 4.74 Å². The van der Waals surface area contributed by atoms with E-state index in [9.17, 15) is 4.79 Å². The molecule has 0 aromatic carbocycles. The summed E-state index contributed by atoms with van der Waals surface area (Å²) < 4.78 is 5.42. The molecule has 0 aliphatic carbocycles. The number of pyridine rings is 1. The normalized spacial score (nSPS) is 18.2. The quantitative estimate of drug-likeness (QED) is 0.899. The molecule has 0 radical (unpaired) electrons. The predicted molar refractivity (Wildman–Crippen MR) is 92.9 cm³/mol. The maximum absolute atomic E-state index is 12.3. The molecule has 1 atom stereocenters. The fourth-order valence-corrected chi connectivity index (χ4v) is 3.53. The number of thiophene rings is 1. The van der Waals surface area contributed by atoms with Crippen molar-refractivity contribution in [1.29, 1.82) is 0 Å². The second-order valence-corrected chi connectivity index (χ2v) is 6.94. The third kappa shape index (κ3) is 4.30. The third-order valence-electron chi connectivity index (χ3n) is 3.82. The number of nitrogens with one attached hydrogen (secondary N) is 2. The highest BCUT2D eigenvalue weighted by Gasteiger charge is 2.16. The zero-order chi connectivity index (χ0) is 16.1. The van der Waals surface area contributed by atoms with Crippen LogP contribution in [-0.2, 0) is 4.74 Å². The molecule has 2 amide bonds. The van der Waals surface area contributed by atoms with Gasteiger partial charge >= 0.3 is 6.03 Å². The number of hydrogen-bond donors (Lipinski definition) is 2. The van der Waals surface area contributed by atoms with Crippen LogP contribution in [-0.4, -0.2) is 30.3 Å². The molecule has 3 rings (SSSR count). The lowest BCUT2D eigenvalue weighted by Crippen LogP contribution is -2.38. The van der Waals surface area contributed by atoms with E-state index in [-0.39, 0.29) is 12.1 Å². The molecule has 1 unspecified atom stereocenters.